The van der Waals surface area contributed by atoms with Crippen molar-refractivity contribution in [3.63, 3.8) is 0 Å². The van der Waals surface area contributed by atoms with Crippen LogP contribution in [0.4, 0.5) is 4.79 Å². The standard InChI is InChI=1S/C26H27N5O3S2/c1-16-5-7-17(8-6-16)22-21(29-23(36-22)18-9-10-18)24(32)30-11-3-2-4-19(30)14-28-26(33)34-20-15-27-25-31(20)12-13-35-25/h5-8,12-13,15,18-19H,2-4,9-11,14H2,1H3,(H,28,33)/t19-/m0/s1. The molecule has 1 aliphatic carbocycles. The molecule has 0 unspecified atom stereocenters. The lowest BCUT2D eigenvalue weighted by molar-refractivity contribution is 0.0607. The van der Waals surface area contributed by atoms with Crippen LogP contribution >= 0.6 is 22.7 Å². The van der Waals surface area contributed by atoms with Crippen LogP contribution in [-0.4, -0.2) is 50.4 Å². The van der Waals surface area contributed by atoms with Gasteiger partial charge in [-0.3, -0.25) is 9.20 Å². The van der Waals surface area contributed by atoms with Gasteiger partial charge in [-0.05, 0) is 44.6 Å². The fraction of sp³-hybridized carbons (Fsp3) is 0.385. The Labute approximate surface area is 216 Å². The number of benzene rings is 1. The van der Waals surface area contributed by atoms with Crippen LogP contribution in [0.15, 0.2) is 42.0 Å². The Balaban J connectivity index is 1.19. The third kappa shape index (κ3) is 4.62. The number of piperidine rings is 1. The second-order valence-electron chi connectivity index (χ2n) is 9.44. The Bertz CT molecular complexity index is 1400. The van der Waals surface area contributed by atoms with Crippen molar-refractivity contribution >= 4 is 39.6 Å². The van der Waals surface area contributed by atoms with E-state index in [-0.39, 0.29) is 11.9 Å². The van der Waals surface area contributed by atoms with Crippen LogP contribution in [0, 0.1) is 6.92 Å². The van der Waals surface area contributed by atoms with Crippen LogP contribution in [-0.2, 0) is 0 Å². The Morgan fingerprint density at radius 1 is 1.17 bits per heavy atom. The molecule has 2 amide bonds. The molecule has 1 N–H and O–H groups in total. The first kappa shape index (κ1) is 23.2. The zero-order chi connectivity index (χ0) is 24.6. The van der Waals surface area contributed by atoms with Crippen molar-refractivity contribution in [1.82, 2.24) is 24.6 Å². The van der Waals surface area contributed by atoms with Gasteiger partial charge < -0.3 is 15.0 Å². The third-order valence-corrected chi connectivity index (χ3v) is 8.80. The largest absolute Gasteiger partial charge is 0.414 e. The lowest BCUT2D eigenvalue weighted by Gasteiger charge is -2.35. The van der Waals surface area contributed by atoms with E-state index < -0.39 is 6.09 Å². The Hall–Kier alpha value is -3.24. The second kappa shape index (κ2) is 9.67. The summed E-state index contributed by atoms with van der Waals surface area (Å²) in [5, 5.41) is 5.80. The summed E-state index contributed by atoms with van der Waals surface area (Å²) < 4.78 is 7.19. The monoisotopic (exact) mass is 521 g/mol. The van der Waals surface area contributed by atoms with Crippen molar-refractivity contribution < 1.29 is 14.3 Å². The molecule has 36 heavy (non-hydrogen) atoms. The first-order chi connectivity index (χ1) is 17.6. The summed E-state index contributed by atoms with van der Waals surface area (Å²) >= 11 is 3.12. The van der Waals surface area contributed by atoms with E-state index in [9.17, 15) is 9.59 Å². The third-order valence-electron chi connectivity index (χ3n) is 6.77. The van der Waals surface area contributed by atoms with Crippen LogP contribution in [0.3, 0.4) is 0 Å². The van der Waals surface area contributed by atoms with Crippen LogP contribution in [0.25, 0.3) is 15.4 Å². The average Bonchev–Trinajstić information content (AvgIpc) is 3.30. The van der Waals surface area contributed by atoms with Crippen molar-refractivity contribution in [3.05, 3.63) is 58.3 Å². The van der Waals surface area contributed by atoms with E-state index in [1.807, 2.05) is 16.5 Å². The van der Waals surface area contributed by atoms with Gasteiger partial charge in [0.05, 0.1) is 16.1 Å². The van der Waals surface area contributed by atoms with E-state index in [0.717, 1.165) is 52.5 Å². The summed E-state index contributed by atoms with van der Waals surface area (Å²) in [5.41, 5.74) is 2.76. The average molecular weight is 522 g/mol. The van der Waals surface area contributed by atoms with Crippen LogP contribution in [0.1, 0.15) is 59.1 Å². The van der Waals surface area contributed by atoms with Gasteiger partial charge in [0, 0.05) is 36.6 Å². The van der Waals surface area contributed by atoms with Gasteiger partial charge in [-0.2, -0.15) is 0 Å². The highest BCUT2D eigenvalue weighted by Crippen LogP contribution is 2.45. The van der Waals surface area contributed by atoms with Crippen molar-refractivity contribution in [2.75, 3.05) is 13.1 Å². The number of nitrogens with one attached hydrogen (secondary N) is 1. The fourth-order valence-corrected chi connectivity index (χ4v) is 6.53. The number of carbonyl (C=O) groups is 2. The molecular weight excluding hydrogens is 494 g/mol. The molecule has 2 aliphatic rings. The van der Waals surface area contributed by atoms with E-state index in [2.05, 4.69) is 41.5 Å². The van der Waals surface area contributed by atoms with Crippen LogP contribution in [0.2, 0.25) is 0 Å². The number of thiazole rings is 2. The lowest BCUT2D eigenvalue weighted by atomic mass is 10.0. The maximum absolute atomic E-state index is 13.9. The number of nitrogens with zero attached hydrogens (tertiary/aromatic N) is 4. The summed E-state index contributed by atoms with van der Waals surface area (Å²) in [4.78, 5) is 39.1. The maximum atomic E-state index is 13.9. The van der Waals surface area contributed by atoms with Crippen LogP contribution in [0.5, 0.6) is 5.88 Å². The number of rotatable bonds is 6. The number of fused-ring (bicyclic) bond motifs is 1. The number of carbonyl (C=O) groups excluding carboxylic acids is 2. The van der Waals surface area contributed by atoms with E-state index in [4.69, 9.17) is 9.72 Å². The van der Waals surface area contributed by atoms with E-state index in [0.29, 0.717) is 30.6 Å². The molecule has 1 aliphatic heterocycles. The molecule has 0 radical (unpaired) electrons. The Kier molecular flexibility index (Phi) is 6.22. The highest BCUT2D eigenvalue weighted by Gasteiger charge is 2.34. The molecule has 3 aromatic heterocycles. The predicted octanol–water partition coefficient (Wildman–Crippen LogP) is 5.49. The van der Waals surface area contributed by atoms with Crippen molar-refractivity contribution in [3.8, 4) is 16.3 Å². The molecule has 10 heteroatoms. The molecule has 1 aromatic carbocycles. The maximum Gasteiger partial charge on any atom is 0.414 e. The minimum absolute atomic E-state index is 0.0515. The molecule has 8 nitrogen and oxygen atoms in total. The summed E-state index contributed by atoms with van der Waals surface area (Å²) in [6.07, 6.45) is 7.86. The first-order valence-corrected chi connectivity index (χ1v) is 14.0. The van der Waals surface area contributed by atoms with Gasteiger partial charge in [0.1, 0.15) is 5.69 Å². The highest BCUT2D eigenvalue weighted by molar-refractivity contribution is 7.15. The topological polar surface area (TPSA) is 88.8 Å². The normalized spacial score (nSPS) is 17.9. The molecule has 1 atom stereocenters. The molecule has 6 rings (SSSR count). The minimum atomic E-state index is -0.550. The Morgan fingerprint density at radius 2 is 2.00 bits per heavy atom. The predicted molar refractivity (Wildman–Crippen MR) is 140 cm³/mol. The van der Waals surface area contributed by atoms with Crippen molar-refractivity contribution in [2.24, 2.45) is 0 Å². The Morgan fingerprint density at radius 3 is 2.81 bits per heavy atom. The van der Waals surface area contributed by atoms with Gasteiger partial charge in [0.15, 0.2) is 4.96 Å². The number of hydrogen-bond donors (Lipinski definition) is 1. The molecule has 1 saturated heterocycles. The fourth-order valence-electron chi connectivity index (χ4n) is 4.62. The zero-order valence-electron chi connectivity index (χ0n) is 20.0. The van der Waals surface area contributed by atoms with E-state index in [1.54, 1.807) is 15.7 Å². The van der Waals surface area contributed by atoms with Crippen molar-refractivity contribution in [1.29, 1.82) is 0 Å². The van der Waals surface area contributed by atoms with Gasteiger partial charge in [0.25, 0.3) is 5.91 Å². The number of aromatic nitrogens is 3. The van der Waals surface area contributed by atoms with Gasteiger partial charge in [-0.1, -0.05) is 29.8 Å². The molecule has 1 saturated carbocycles. The molecule has 0 spiro atoms. The first-order valence-electron chi connectivity index (χ1n) is 12.3. The van der Waals surface area contributed by atoms with E-state index in [1.165, 1.54) is 23.1 Å². The van der Waals surface area contributed by atoms with E-state index >= 15 is 0 Å². The minimum Gasteiger partial charge on any atom is -0.391 e. The molecule has 2 fully saturated rings. The molecule has 186 valence electrons. The highest BCUT2D eigenvalue weighted by atomic mass is 32.1. The summed E-state index contributed by atoms with van der Waals surface area (Å²) in [7, 11) is 0. The zero-order valence-corrected chi connectivity index (χ0v) is 21.6. The second-order valence-corrected chi connectivity index (χ2v) is 11.3. The van der Waals surface area contributed by atoms with Gasteiger partial charge >= 0.3 is 6.09 Å². The van der Waals surface area contributed by atoms with Gasteiger partial charge in [-0.15, -0.1) is 22.7 Å². The van der Waals surface area contributed by atoms with Crippen molar-refractivity contribution in [2.45, 2.75) is 51.0 Å². The summed E-state index contributed by atoms with van der Waals surface area (Å²) in [5.74, 6) is 0.801. The number of likely N-dealkylation sites (tertiary alicyclic amines) is 1. The molecule has 4 aromatic rings. The lowest BCUT2D eigenvalue weighted by Crippen LogP contribution is -2.50. The number of amides is 2. The number of imidazole rings is 1. The van der Waals surface area contributed by atoms with Crippen LogP contribution < -0.4 is 10.1 Å². The summed E-state index contributed by atoms with van der Waals surface area (Å²) in [6, 6.07) is 8.18. The molecular formula is C26H27N5O3S2. The quantitative estimate of drug-likeness (QED) is 0.363. The van der Waals surface area contributed by atoms with Gasteiger partial charge in [-0.25, -0.2) is 14.8 Å². The number of hydrogen-bond acceptors (Lipinski definition) is 7. The molecule has 0 bridgehead atoms. The SMILES string of the molecule is Cc1ccc(-c2sc(C3CC3)nc2C(=O)N2CCCC[C@H]2CNC(=O)Oc2cnc3sccn23)cc1. The smallest absolute Gasteiger partial charge is 0.391 e. The van der Waals surface area contributed by atoms with Gasteiger partial charge in [0.2, 0.25) is 5.88 Å². The molecule has 4 heterocycles. The number of ether oxygens (including phenoxy) is 1. The summed E-state index contributed by atoms with van der Waals surface area (Å²) in [6.45, 7) is 3.04. The number of aryl methyl sites for hydroxylation is 1.